The number of fused-ring (bicyclic) bond motifs is 1. The smallest absolute Gasteiger partial charge is 0.244 e. The lowest BCUT2D eigenvalue weighted by Crippen LogP contribution is -2.49. The molecule has 0 spiro atoms. The van der Waals surface area contributed by atoms with E-state index in [9.17, 15) is 17.6 Å². The largest absolute Gasteiger partial charge is 0.486 e. The number of sulfonamides is 1. The fraction of sp³-hybridized carbons (Fsp3) is 0.381. The van der Waals surface area contributed by atoms with Crippen molar-refractivity contribution in [2.45, 2.75) is 32.4 Å². The first kappa shape index (κ1) is 23.1. The number of benzene rings is 2. The molecule has 168 valence electrons. The molecule has 1 aliphatic rings. The lowest BCUT2D eigenvalue weighted by Gasteiger charge is -2.31. The first-order chi connectivity index (χ1) is 14.6. The summed E-state index contributed by atoms with van der Waals surface area (Å²) in [4.78, 5) is 13.1. The molecule has 0 fully saturated rings. The molecule has 0 saturated carbocycles. The van der Waals surface area contributed by atoms with Gasteiger partial charge in [0.2, 0.25) is 15.9 Å². The van der Waals surface area contributed by atoms with Gasteiger partial charge in [0.05, 0.1) is 23.0 Å². The highest BCUT2D eigenvalue weighted by atomic mass is 35.5. The summed E-state index contributed by atoms with van der Waals surface area (Å²) in [5, 5.41) is 2.62. The second-order valence-electron chi connectivity index (χ2n) is 7.21. The summed E-state index contributed by atoms with van der Waals surface area (Å²) in [6.45, 7) is 4.40. The zero-order valence-corrected chi connectivity index (χ0v) is 19.0. The molecular formula is C21H24ClFN2O5S. The molecule has 3 rings (SSSR count). The minimum absolute atomic E-state index is 0.114. The average molecular weight is 471 g/mol. The van der Waals surface area contributed by atoms with Crippen LogP contribution < -0.4 is 19.1 Å². The zero-order chi connectivity index (χ0) is 22.8. The van der Waals surface area contributed by atoms with E-state index in [-0.39, 0.29) is 17.1 Å². The standard InChI is InChI=1S/C21H24ClFN2O5S/c1-4-18(25(31(3,27)28)15-6-7-17(23)16(22)12-15)21(26)24-13(2)14-5-8-19-20(11-14)30-10-9-29-19/h5-8,11-13,18H,4,9-10H2,1-3H3,(H,24,26). The predicted molar refractivity (Wildman–Crippen MR) is 117 cm³/mol. The first-order valence-corrected chi connectivity index (χ1v) is 12.0. The number of nitrogens with zero attached hydrogens (tertiary/aromatic N) is 1. The van der Waals surface area contributed by atoms with Gasteiger partial charge >= 0.3 is 0 Å². The Labute approximate surface area is 186 Å². The molecule has 0 radical (unpaired) electrons. The predicted octanol–water partition coefficient (Wildman–Crippen LogP) is 3.67. The summed E-state index contributed by atoms with van der Waals surface area (Å²) < 4.78 is 50.7. The van der Waals surface area contributed by atoms with E-state index in [1.54, 1.807) is 26.0 Å². The van der Waals surface area contributed by atoms with E-state index in [1.807, 2.05) is 6.07 Å². The van der Waals surface area contributed by atoms with Crippen LogP contribution in [0.15, 0.2) is 36.4 Å². The van der Waals surface area contributed by atoms with E-state index in [1.165, 1.54) is 12.1 Å². The van der Waals surface area contributed by atoms with Crippen molar-refractivity contribution >= 4 is 33.2 Å². The third-order valence-corrected chi connectivity index (χ3v) is 6.38. The van der Waals surface area contributed by atoms with Gasteiger partial charge in [-0.15, -0.1) is 0 Å². The molecule has 0 aliphatic carbocycles. The van der Waals surface area contributed by atoms with Crippen molar-refractivity contribution in [3.63, 3.8) is 0 Å². The van der Waals surface area contributed by atoms with Crippen LogP contribution in [0.25, 0.3) is 0 Å². The number of carbonyl (C=O) groups excluding carboxylic acids is 1. The maximum Gasteiger partial charge on any atom is 0.244 e. The Balaban J connectivity index is 1.85. The van der Waals surface area contributed by atoms with E-state index in [0.717, 1.165) is 22.2 Å². The summed E-state index contributed by atoms with van der Waals surface area (Å²) >= 11 is 5.84. The summed E-state index contributed by atoms with van der Waals surface area (Å²) in [7, 11) is -3.86. The molecule has 31 heavy (non-hydrogen) atoms. The number of hydrogen-bond acceptors (Lipinski definition) is 5. The Bertz CT molecular complexity index is 1080. The third kappa shape index (κ3) is 5.22. The van der Waals surface area contributed by atoms with Crippen LogP contribution in [0.2, 0.25) is 5.02 Å². The van der Waals surface area contributed by atoms with Gasteiger partial charge in [-0.3, -0.25) is 9.10 Å². The summed E-state index contributed by atoms with van der Waals surface area (Å²) in [6, 6.07) is 7.44. The van der Waals surface area contributed by atoms with Gasteiger partial charge in [0.15, 0.2) is 11.5 Å². The number of amides is 1. The highest BCUT2D eigenvalue weighted by Crippen LogP contribution is 2.33. The third-order valence-electron chi connectivity index (χ3n) is 4.91. The maximum atomic E-state index is 13.6. The van der Waals surface area contributed by atoms with E-state index in [4.69, 9.17) is 21.1 Å². The molecule has 10 heteroatoms. The molecule has 0 aromatic heterocycles. The monoisotopic (exact) mass is 470 g/mol. The number of anilines is 1. The minimum atomic E-state index is -3.86. The summed E-state index contributed by atoms with van der Waals surface area (Å²) in [5.41, 5.74) is 0.895. The number of ether oxygens (including phenoxy) is 2. The highest BCUT2D eigenvalue weighted by Gasteiger charge is 2.32. The van der Waals surface area contributed by atoms with Gasteiger partial charge in [-0.2, -0.15) is 0 Å². The van der Waals surface area contributed by atoms with E-state index in [0.29, 0.717) is 24.7 Å². The molecule has 2 aromatic carbocycles. The number of halogens is 2. The maximum absolute atomic E-state index is 13.6. The molecule has 2 aromatic rings. The van der Waals surface area contributed by atoms with Crippen LogP contribution in [0.4, 0.5) is 10.1 Å². The van der Waals surface area contributed by atoms with Crippen LogP contribution in [0.5, 0.6) is 11.5 Å². The van der Waals surface area contributed by atoms with Crippen molar-refractivity contribution in [1.82, 2.24) is 5.32 Å². The quantitative estimate of drug-likeness (QED) is 0.667. The van der Waals surface area contributed by atoms with Crippen LogP contribution in [0, 0.1) is 5.82 Å². The van der Waals surface area contributed by atoms with Crippen LogP contribution in [0.1, 0.15) is 31.9 Å². The molecule has 2 unspecified atom stereocenters. The van der Waals surface area contributed by atoms with Crippen LogP contribution >= 0.6 is 11.6 Å². The van der Waals surface area contributed by atoms with Crippen molar-refractivity contribution in [2.24, 2.45) is 0 Å². The molecule has 1 aliphatic heterocycles. The lowest BCUT2D eigenvalue weighted by molar-refractivity contribution is -0.122. The van der Waals surface area contributed by atoms with Crippen molar-refractivity contribution in [2.75, 3.05) is 23.8 Å². The van der Waals surface area contributed by atoms with Gasteiger partial charge in [-0.1, -0.05) is 24.6 Å². The van der Waals surface area contributed by atoms with Crippen LogP contribution in [0.3, 0.4) is 0 Å². The highest BCUT2D eigenvalue weighted by molar-refractivity contribution is 7.92. The summed E-state index contributed by atoms with van der Waals surface area (Å²) in [5.74, 6) is 0.0615. The van der Waals surface area contributed by atoms with Crippen LogP contribution in [-0.4, -0.2) is 39.8 Å². The van der Waals surface area contributed by atoms with E-state index in [2.05, 4.69) is 5.32 Å². The Morgan fingerprint density at radius 3 is 2.48 bits per heavy atom. The van der Waals surface area contributed by atoms with E-state index < -0.39 is 33.8 Å². The molecule has 0 saturated heterocycles. The van der Waals surface area contributed by atoms with Gasteiger partial charge in [0.25, 0.3) is 0 Å². The fourth-order valence-electron chi connectivity index (χ4n) is 3.40. The number of rotatable bonds is 7. The molecule has 7 nitrogen and oxygen atoms in total. The second kappa shape index (κ2) is 9.32. The summed E-state index contributed by atoms with van der Waals surface area (Å²) in [6.07, 6.45) is 1.19. The number of nitrogens with one attached hydrogen (secondary N) is 1. The van der Waals surface area contributed by atoms with Crippen LogP contribution in [-0.2, 0) is 14.8 Å². The molecule has 1 heterocycles. The van der Waals surface area contributed by atoms with Gasteiger partial charge in [0, 0.05) is 0 Å². The van der Waals surface area contributed by atoms with E-state index >= 15 is 0 Å². The SMILES string of the molecule is CCC(C(=O)NC(C)c1ccc2c(c1)OCCO2)N(c1ccc(F)c(Cl)c1)S(C)(=O)=O. The lowest BCUT2D eigenvalue weighted by atomic mass is 10.1. The fourth-order valence-corrected chi connectivity index (χ4v) is 4.78. The van der Waals surface area contributed by atoms with Gasteiger partial charge in [-0.05, 0) is 49.2 Å². The molecular weight excluding hydrogens is 447 g/mol. The van der Waals surface area contributed by atoms with Crippen molar-refractivity contribution in [3.05, 3.63) is 52.8 Å². The first-order valence-electron chi connectivity index (χ1n) is 9.76. The topological polar surface area (TPSA) is 84.9 Å². The molecule has 0 bridgehead atoms. The number of hydrogen-bond donors (Lipinski definition) is 1. The van der Waals surface area contributed by atoms with Crippen molar-refractivity contribution in [1.29, 1.82) is 0 Å². The zero-order valence-electron chi connectivity index (χ0n) is 17.4. The molecule has 1 N–H and O–H groups in total. The van der Waals surface area contributed by atoms with Gasteiger partial charge < -0.3 is 14.8 Å². The normalized spacial score (nSPS) is 15.1. The Kier molecular flexibility index (Phi) is 6.96. The minimum Gasteiger partial charge on any atom is -0.486 e. The molecule has 1 amide bonds. The Morgan fingerprint density at radius 2 is 1.87 bits per heavy atom. The number of carbonyl (C=O) groups is 1. The van der Waals surface area contributed by atoms with Crippen molar-refractivity contribution in [3.8, 4) is 11.5 Å². The van der Waals surface area contributed by atoms with Crippen molar-refractivity contribution < 1.29 is 27.1 Å². The average Bonchev–Trinajstić information content (AvgIpc) is 2.72. The molecule has 2 atom stereocenters. The van der Waals surface area contributed by atoms with Gasteiger partial charge in [0.1, 0.15) is 25.1 Å². The second-order valence-corrected chi connectivity index (χ2v) is 9.48. The Hall–Kier alpha value is -2.52. The van der Waals surface area contributed by atoms with Gasteiger partial charge in [-0.25, -0.2) is 12.8 Å². The Morgan fingerprint density at radius 1 is 1.19 bits per heavy atom.